The highest BCUT2D eigenvalue weighted by molar-refractivity contribution is 7.10. The van der Waals surface area contributed by atoms with E-state index in [1.165, 1.54) is 29.7 Å². The molecule has 4 rings (SSSR count). The van der Waals surface area contributed by atoms with Crippen LogP contribution in [-0.2, 0) is 13.0 Å². The van der Waals surface area contributed by atoms with E-state index in [-0.39, 0.29) is 11.9 Å². The predicted molar refractivity (Wildman–Crippen MR) is 108 cm³/mol. The summed E-state index contributed by atoms with van der Waals surface area (Å²) in [6.07, 6.45) is 6.72. The van der Waals surface area contributed by atoms with Crippen molar-refractivity contribution in [3.05, 3.63) is 51.7 Å². The Hall–Kier alpha value is -2.34. The highest BCUT2D eigenvalue weighted by Gasteiger charge is 2.21. The molecule has 1 aliphatic heterocycles. The fraction of sp³-hybridized carbons (Fsp3) is 0.429. The molecule has 0 radical (unpaired) electrons. The molecule has 0 unspecified atom stereocenters. The molecule has 0 saturated heterocycles. The van der Waals surface area contributed by atoms with Gasteiger partial charge in [0.1, 0.15) is 0 Å². The number of carbonyl (C=O) groups is 2. The van der Waals surface area contributed by atoms with Crippen LogP contribution in [0.5, 0.6) is 0 Å². The number of hydrogen-bond donors (Lipinski definition) is 2. The van der Waals surface area contributed by atoms with Gasteiger partial charge in [-0.05, 0) is 60.5 Å². The van der Waals surface area contributed by atoms with Gasteiger partial charge in [0.2, 0.25) is 0 Å². The van der Waals surface area contributed by atoms with Crippen molar-refractivity contribution in [1.82, 2.24) is 10.2 Å². The van der Waals surface area contributed by atoms with E-state index in [9.17, 15) is 9.59 Å². The lowest BCUT2D eigenvalue weighted by molar-refractivity contribution is 0.0927. The van der Waals surface area contributed by atoms with Gasteiger partial charge in [-0.3, -0.25) is 4.79 Å². The molecule has 142 valence electrons. The minimum atomic E-state index is -0.0914. The highest BCUT2D eigenvalue weighted by atomic mass is 32.1. The normalized spacial score (nSPS) is 17.3. The molecular weight excluding hydrogens is 358 g/mol. The van der Waals surface area contributed by atoms with Gasteiger partial charge in [0.15, 0.2) is 0 Å². The van der Waals surface area contributed by atoms with E-state index in [0.29, 0.717) is 23.8 Å². The summed E-state index contributed by atoms with van der Waals surface area (Å²) < 4.78 is 0. The van der Waals surface area contributed by atoms with Crippen molar-refractivity contribution in [1.29, 1.82) is 0 Å². The maximum atomic E-state index is 12.5. The smallest absolute Gasteiger partial charge is 0.322 e. The fourth-order valence-electron chi connectivity index (χ4n) is 3.84. The van der Waals surface area contributed by atoms with E-state index in [2.05, 4.69) is 22.1 Å². The zero-order chi connectivity index (χ0) is 18.6. The average Bonchev–Trinajstić information content (AvgIpc) is 3.17. The Balaban J connectivity index is 1.32. The van der Waals surface area contributed by atoms with Crippen molar-refractivity contribution in [3.63, 3.8) is 0 Å². The van der Waals surface area contributed by atoms with Gasteiger partial charge >= 0.3 is 6.03 Å². The number of carbonyl (C=O) groups excluding carboxylic acids is 2. The molecule has 6 heteroatoms. The Kier molecular flexibility index (Phi) is 5.43. The predicted octanol–water partition coefficient (Wildman–Crippen LogP) is 4.40. The molecule has 5 nitrogen and oxygen atoms in total. The lowest BCUT2D eigenvalue weighted by Gasteiger charge is -2.27. The summed E-state index contributed by atoms with van der Waals surface area (Å²) >= 11 is 1.76. The Bertz CT molecular complexity index is 809. The molecule has 0 bridgehead atoms. The average molecular weight is 384 g/mol. The second-order valence-corrected chi connectivity index (χ2v) is 8.36. The topological polar surface area (TPSA) is 61.4 Å². The Morgan fingerprint density at radius 3 is 2.59 bits per heavy atom. The standard InChI is InChI=1S/C21H25N3O2S/c25-20(22-17-4-2-1-3-5-17)15-6-8-18(9-7-15)23-21(26)24-12-10-19-16(14-24)11-13-27-19/h6-9,11,13,17H,1-5,10,12,14H2,(H,22,25)(H,23,26). The van der Waals surface area contributed by atoms with Crippen molar-refractivity contribution in [2.45, 2.75) is 51.1 Å². The quantitative estimate of drug-likeness (QED) is 0.825. The molecular formula is C21H25N3O2S. The van der Waals surface area contributed by atoms with Crippen LogP contribution in [0.3, 0.4) is 0 Å². The van der Waals surface area contributed by atoms with Crippen LogP contribution in [0, 0.1) is 0 Å². The van der Waals surface area contributed by atoms with Crippen LogP contribution in [0.15, 0.2) is 35.7 Å². The number of amides is 3. The van der Waals surface area contributed by atoms with Gasteiger partial charge in [-0.25, -0.2) is 4.79 Å². The first-order valence-electron chi connectivity index (χ1n) is 9.71. The number of anilines is 1. The van der Waals surface area contributed by atoms with Crippen LogP contribution < -0.4 is 10.6 Å². The van der Waals surface area contributed by atoms with Gasteiger partial charge in [-0.15, -0.1) is 11.3 Å². The van der Waals surface area contributed by atoms with Gasteiger partial charge in [0.25, 0.3) is 5.91 Å². The lowest BCUT2D eigenvalue weighted by atomic mass is 9.95. The number of benzene rings is 1. The van der Waals surface area contributed by atoms with E-state index in [0.717, 1.165) is 25.8 Å². The molecule has 1 saturated carbocycles. The van der Waals surface area contributed by atoms with Gasteiger partial charge < -0.3 is 15.5 Å². The van der Waals surface area contributed by atoms with Crippen molar-refractivity contribution >= 4 is 29.0 Å². The zero-order valence-electron chi connectivity index (χ0n) is 15.4. The lowest BCUT2D eigenvalue weighted by Crippen LogP contribution is -2.38. The maximum Gasteiger partial charge on any atom is 0.322 e. The number of nitrogens with one attached hydrogen (secondary N) is 2. The molecule has 1 aliphatic carbocycles. The fourth-order valence-corrected chi connectivity index (χ4v) is 4.73. The van der Waals surface area contributed by atoms with E-state index >= 15 is 0 Å². The number of urea groups is 1. The monoisotopic (exact) mass is 383 g/mol. The number of rotatable bonds is 3. The number of nitrogens with zero attached hydrogens (tertiary/aromatic N) is 1. The van der Waals surface area contributed by atoms with Gasteiger partial charge in [0.05, 0.1) is 0 Å². The third kappa shape index (κ3) is 4.33. The first kappa shape index (κ1) is 18.0. The Morgan fingerprint density at radius 1 is 1.04 bits per heavy atom. The Morgan fingerprint density at radius 2 is 1.81 bits per heavy atom. The van der Waals surface area contributed by atoms with Crippen molar-refractivity contribution in [2.24, 2.45) is 0 Å². The summed E-state index contributed by atoms with van der Waals surface area (Å²) in [5.41, 5.74) is 2.60. The first-order valence-corrected chi connectivity index (χ1v) is 10.6. The molecule has 1 aromatic carbocycles. The molecule has 2 heterocycles. The van der Waals surface area contributed by atoms with E-state index < -0.39 is 0 Å². The summed E-state index contributed by atoms with van der Waals surface area (Å²) in [7, 11) is 0. The van der Waals surface area contributed by atoms with Crippen molar-refractivity contribution in [3.8, 4) is 0 Å². The molecule has 0 spiro atoms. The largest absolute Gasteiger partial charge is 0.349 e. The third-order valence-corrected chi connectivity index (χ3v) is 6.46. The van der Waals surface area contributed by atoms with E-state index in [4.69, 9.17) is 0 Å². The summed E-state index contributed by atoms with van der Waals surface area (Å²) in [4.78, 5) is 28.1. The maximum absolute atomic E-state index is 12.5. The van der Waals surface area contributed by atoms with Crippen LogP contribution in [-0.4, -0.2) is 29.4 Å². The molecule has 2 aliphatic rings. The first-order chi connectivity index (χ1) is 13.2. The molecule has 0 atom stereocenters. The van der Waals surface area contributed by atoms with E-state index in [1.807, 2.05) is 4.90 Å². The summed E-state index contributed by atoms with van der Waals surface area (Å²) in [6, 6.07) is 9.46. The summed E-state index contributed by atoms with van der Waals surface area (Å²) in [5.74, 6) is -0.0270. The van der Waals surface area contributed by atoms with E-state index in [1.54, 1.807) is 35.6 Å². The highest BCUT2D eigenvalue weighted by Crippen LogP contribution is 2.24. The number of hydrogen-bond acceptors (Lipinski definition) is 3. The molecule has 3 amide bonds. The van der Waals surface area contributed by atoms with Gasteiger partial charge in [0, 0.05) is 35.3 Å². The number of fused-ring (bicyclic) bond motifs is 1. The minimum Gasteiger partial charge on any atom is -0.349 e. The molecule has 1 fully saturated rings. The van der Waals surface area contributed by atoms with Crippen LogP contribution in [0.1, 0.15) is 52.9 Å². The molecule has 2 N–H and O–H groups in total. The Labute approximate surface area is 163 Å². The number of thiophene rings is 1. The van der Waals surface area contributed by atoms with Crippen molar-refractivity contribution in [2.75, 3.05) is 11.9 Å². The minimum absolute atomic E-state index is 0.0270. The third-order valence-electron chi connectivity index (χ3n) is 5.43. The summed E-state index contributed by atoms with van der Waals surface area (Å²) in [5, 5.41) is 8.15. The SMILES string of the molecule is O=C(NC1CCCCC1)c1ccc(NC(=O)N2CCc3sccc3C2)cc1. The van der Waals surface area contributed by atoms with Crippen molar-refractivity contribution < 1.29 is 9.59 Å². The molecule has 1 aromatic heterocycles. The zero-order valence-corrected chi connectivity index (χ0v) is 16.2. The van der Waals surface area contributed by atoms with Gasteiger partial charge in [-0.2, -0.15) is 0 Å². The van der Waals surface area contributed by atoms with Crippen LogP contribution in [0.25, 0.3) is 0 Å². The molecule has 2 aromatic rings. The summed E-state index contributed by atoms with van der Waals surface area (Å²) in [6.45, 7) is 1.40. The van der Waals surface area contributed by atoms with Crippen LogP contribution in [0.4, 0.5) is 10.5 Å². The second kappa shape index (κ2) is 8.13. The second-order valence-electron chi connectivity index (χ2n) is 7.36. The van der Waals surface area contributed by atoms with Gasteiger partial charge in [-0.1, -0.05) is 19.3 Å². The van der Waals surface area contributed by atoms with Crippen LogP contribution >= 0.6 is 11.3 Å². The van der Waals surface area contributed by atoms with Crippen LogP contribution in [0.2, 0.25) is 0 Å². The molecule has 27 heavy (non-hydrogen) atoms.